The molecule has 2 nitrogen and oxygen atoms in total. The summed E-state index contributed by atoms with van der Waals surface area (Å²) in [5.74, 6) is 0.0247. The third kappa shape index (κ3) is 2.41. The maximum Gasteiger partial charge on any atom is 0.228 e. The number of carbonyl (C=O) groups is 1. The van der Waals surface area contributed by atoms with Crippen LogP contribution in [0.1, 0.15) is 27.6 Å². The van der Waals surface area contributed by atoms with E-state index in [9.17, 15) is 4.79 Å². The molecule has 1 unspecified atom stereocenters. The van der Waals surface area contributed by atoms with E-state index in [1.165, 1.54) is 0 Å². The van der Waals surface area contributed by atoms with Crippen LogP contribution in [-0.2, 0) is 11.2 Å². The summed E-state index contributed by atoms with van der Waals surface area (Å²) in [6.45, 7) is 1.99. The average molecular weight is 306 g/mol. The smallest absolute Gasteiger partial charge is 0.228 e. The molecular weight excluding hydrogens is 293 g/mol. The summed E-state index contributed by atoms with van der Waals surface area (Å²) in [7, 11) is 0. The average Bonchev–Trinajstić information content (AvgIpc) is 2.77. The van der Waals surface area contributed by atoms with Crippen LogP contribution in [0.3, 0.4) is 0 Å². The SMILES string of the molecule is Cc1ccc(C(Cl)c2ccc3c(c2)CC(=O)N3)c(Cl)c1. The zero-order valence-electron chi connectivity index (χ0n) is 10.9. The number of anilines is 1. The summed E-state index contributed by atoms with van der Waals surface area (Å²) in [5.41, 5.74) is 4.80. The van der Waals surface area contributed by atoms with Crippen LogP contribution < -0.4 is 5.32 Å². The molecule has 0 aliphatic carbocycles. The van der Waals surface area contributed by atoms with Gasteiger partial charge in [-0.1, -0.05) is 35.9 Å². The number of aryl methyl sites for hydroxylation is 1. The molecule has 2 aromatic rings. The van der Waals surface area contributed by atoms with Crippen molar-refractivity contribution in [2.75, 3.05) is 5.32 Å². The molecule has 0 spiro atoms. The van der Waals surface area contributed by atoms with Crippen LogP contribution in [0.4, 0.5) is 5.69 Å². The first-order valence-corrected chi connectivity index (χ1v) is 7.19. The number of rotatable bonds is 2. The van der Waals surface area contributed by atoms with Crippen LogP contribution >= 0.6 is 23.2 Å². The standard InChI is InChI=1S/C16H13Cl2NO/c1-9-2-4-12(13(17)6-9)16(18)10-3-5-14-11(7-10)8-15(20)19-14/h2-7,16H,8H2,1H3,(H,19,20). The van der Waals surface area contributed by atoms with E-state index < -0.39 is 0 Å². The summed E-state index contributed by atoms with van der Waals surface area (Å²) >= 11 is 12.8. The Morgan fingerprint density at radius 1 is 1.20 bits per heavy atom. The molecule has 0 aromatic heterocycles. The molecule has 1 amide bonds. The van der Waals surface area contributed by atoms with Crippen LogP contribution in [0.5, 0.6) is 0 Å². The second-order valence-corrected chi connectivity index (χ2v) is 5.87. The molecule has 0 radical (unpaired) electrons. The molecule has 102 valence electrons. The van der Waals surface area contributed by atoms with Gasteiger partial charge in [-0.2, -0.15) is 0 Å². The highest BCUT2D eigenvalue weighted by molar-refractivity contribution is 6.33. The Balaban J connectivity index is 1.97. The fraction of sp³-hybridized carbons (Fsp3) is 0.188. The van der Waals surface area contributed by atoms with Crippen molar-refractivity contribution >= 4 is 34.8 Å². The molecule has 1 aliphatic rings. The minimum absolute atomic E-state index is 0.0247. The Hall–Kier alpha value is -1.51. The van der Waals surface area contributed by atoms with E-state index in [-0.39, 0.29) is 11.3 Å². The maximum atomic E-state index is 11.4. The topological polar surface area (TPSA) is 29.1 Å². The second-order valence-electron chi connectivity index (χ2n) is 5.03. The monoisotopic (exact) mass is 305 g/mol. The zero-order valence-corrected chi connectivity index (χ0v) is 12.4. The molecule has 1 aliphatic heterocycles. The fourth-order valence-corrected chi connectivity index (χ4v) is 3.15. The van der Waals surface area contributed by atoms with Crippen LogP contribution in [0, 0.1) is 6.92 Å². The van der Waals surface area contributed by atoms with Crippen LogP contribution in [0.25, 0.3) is 0 Å². The minimum Gasteiger partial charge on any atom is -0.326 e. The molecule has 4 heteroatoms. The van der Waals surface area contributed by atoms with Gasteiger partial charge < -0.3 is 5.32 Å². The van der Waals surface area contributed by atoms with Gasteiger partial charge in [0.1, 0.15) is 0 Å². The summed E-state index contributed by atoms with van der Waals surface area (Å²) in [4.78, 5) is 11.4. The molecule has 2 aromatic carbocycles. The van der Waals surface area contributed by atoms with Crippen LogP contribution in [0.2, 0.25) is 5.02 Å². The van der Waals surface area contributed by atoms with Crippen molar-refractivity contribution in [2.45, 2.75) is 18.7 Å². The Kier molecular flexibility index (Phi) is 3.45. The highest BCUT2D eigenvalue weighted by Crippen LogP contribution is 2.36. The molecule has 20 heavy (non-hydrogen) atoms. The van der Waals surface area contributed by atoms with Gasteiger partial charge in [-0.3, -0.25) is 4.79 Å². The van der Waals surface area contributed by atoms with Crippen LogP contribution in [-0.4, -0.2) is 5.91 Å². The Morgan fingerprint density at radius 3 is 2.75 bits per heavy atom. The lowest BCUT2D eigenvalue weighted by Gasteiger charge is -2.14. The van der Waals surface area contributed by atoms with Crippen molar-refractivity contribution < 1.29 is 4.79 Å². The van der Waals surface area contributed by atoms with Crippen molar-refractivity contribution in [1.29, 1.82) is 0 Å². The van der Waals surface area contributed by atoms with Crippen LogP contribution in [0.15, 0.2) is 36.4 Å². The largest absolute Gasteiger partial charge is 0.326 e. The van der Waals surface area contributed by atoms with Gasteiger partial charge in [0.25, 0.3) is 0 Å². The molecule has 1 atom stereocenters. The van der Waals surface area contributed by atoms with Crippen molar-refractivity contribution in [3.05, 3.63) is 63.7 Å². The number of alkyl halides is 1. The summed E-state index contributed by atoms with van der Waals surface area (Å²) in [5, 5.41) is 3.16. The molecule has 0 fully saturated rings. The number of carbonyl (C=O) groups excluding carboxylic acids is 1. The summed E-state index contributed by atoms with van der Waals surface area (Å²) in [6, 6.07) is 11.7. The van der Waals surface area contributed by atoms with Gasteiger partial charge in [-0.05, 0) is 41.3 Å². The van der Waals surface area contributed by atoms with Crippen molar-refractivity contribution in [2.24, 2.45) is 0 Å². The first-order chi connectivity index (χ1) is 9.54. The van der Waals surface area contributed by atoms with Crippen molar-refractivity contribution in [3.8, 4) is 0 Å². The lowest BCUT2D eigenvalue weighted by atomic mass is 10.00. The third-order valence-corrected chi connectivity index (χ3v) is 4.29. The summed E-state index contributed by atoms with van der Waals surface area (Å²) < 4.78 is 0. The summed E-state index contributed by atoms with van der Waals surface area (Å²) in [6.07, 6.45) is 0.411. The predicted octanol–water partition coefficient (Wildman–Crippen LogP) is 4.47. The van der Waals surface area contributed by atoms with E-state index in [2.05, 4.69) is 5.32 Å². The lowest BCUT2D eigenvalue weighted by Crippen LogP contribution is -2.03. The molecule has 1 heterocycles. The first kappa shape index (κ1) is 13.5. The van der Waals surface area contributed by atoms with Crippen molar-refractivity contribution in [3.63, 3.8) is 0 Å². The highest BCUT2D eigenvalue weighted by atomic mass is 35.5. The number of fused-ring (bicyclic) bond motifs is 1. The van der Waals surface area contributed by atoms with Gasteiger partial charge in [-0.15, -0.1) is 11.6 Å². The minimum atomic E-state index is -0.316. The highest BCUT2D eigenvalue weighted by Gasteiger charge is 2.20. The third-order valence-electron chi connectivity index (χ3n) is 3.48. The Labute approximate surface area is 127 Å². The Morgan fingerprint density at radius 2 is 2.00 bits per heavy atom. The number of nitrogens with one attached hydrogen (secondary N) is 1. The molecule has 0 saturated heterocycles. The Bertz CT molecular complexity index is 697. The number of hydrogen-bond acceptors (Lipinski definition) is 1. The van der Waals surface area contributed by atoms with Crippen molar-refractivity contribution in [1.82, 2.24) is 0 Å². The van der Waals surface area contributed by atoms with Gasteiger partial charge in [0.15, 0.2) is 0 Å². The van der Waals surface area contributed by atoms with E-state index in [0.717, 1.165) is 27.9 Å². The number of halogens is 2. The van der Waals surface area contributed by atoms with Gasteiger partial charge in [0.2, 0.25) is 5.91 Å². The molecule has 1 N–H and O–H groups in total. The normalized spacial score (nSPS) is 14.8. The molecular formula is C16H13Cl2NO. The first-order valence-electron chi connectivity index (χ1n) is 6.37. The number of hydrogen-bond donors (Lipinski definition) is 1. The molecule has 3 rings (SSSR count). The number of benzene rings is 2. The maximum absolute atomic E-state index is 11.4. The van der Waals surface area contributed by atoms with E-state index in [1.54, 1.807) is 0 Å². The number of amides is 1. The zero-order chi connectivity index (χ0) is 14.3. The van der Waals surface area contributed by atoms with E-state index in [1.807, 2.05) is 43.3 Å². The molecule has 0 bridgehead atoms. The molecule has 0 saturated carbocycles. The predicted molar refractivity (Wildman–Crippen MR) is 82.7 cm³/mol. The van der Waals surface area contributed by atoms with Gasteiger partial charge >= 0.3 is 0 Å². The van der Waals surface area contributed by atoms with E-state index >= 15 is 0 Å². The van der Waals surface area contributed by atoms with Gasteiger partial charge in [-0.25, -0.2) is 0 Å². The fourth-order valence-electron chi connectivity index (χ4n) is 2.42. The van der Waals surface area contributed by atoms with Gasteiger partial charge in [0.05, 0.1) is 11.8 Å². The second kappa shape index (κ2) is 5.12. The van der Waals surface area contributed by atoms with Gasteiger partial charge in [0, 0.05) is 10.7 Å². The quantitative estimate of drug-likeness (QED) is 0.815. The van der Waals surface area contributed by atoms with E-state index in [4.69, 9.17) is 23.2 Å². The lowest BCUT2D eigenvalue weighted by molar-refractivity contribution is -0.115. The van der Waals surface area contributed by atoms with E-state index in [0.29, 0.717) is 11.4 Å².